The van der Waals surface area contributed by atoms with Crippen LogP contribution in [0.15, 0.2) is 109 Å². The van der Waals surface area contributed by atoms with Crippen LogP contribution in [0.3, 0.4) is 0 Å². The van der Waals surface area contributed by atoms with Gasteiger partial charge in [0, 0.05) is 17.3 Å². The van der Waals surface area contributed by atoms with Crippen molar-refractivity contribution in [1.29, 1.82) is 0 Å². The number of anilines is 2. The lowest BCUT2D eigenvalue weighted by Crippen LogP contribution is -2.21. The molecule has 5 rings (SSSR count). The molecule has 1 aliphatic heterocycles. The number of para-hydroxylation sites is 1. The Labute approximate surface area is 160 Å². The van der Waals surface area contributed by atoms with E-state index in [9.17, 15) is 0 Å². The van der Waals surface area contributed by atoms with Crippen LogP contribution in [0, 0.1) is 6.92 Å². The summed E-state index contributed by atoms with van der Waals surface area (Å²) in [6.45, 7) is 2.13. The van der Waals surface area contributed by atoms with Crippen molar-refractivity contribution in [3.63, 3.8) is 0 Å². The lowest BCUT2D eigenvalue weighted by atomic mass is 9.89. The Morgan fingerprint density at radius 1 is 0.778 bits per heavy atom. The van der Waals surface area contributed by atoms with Crippen LogP contribution in [0.25, 0.3) is 11.1 Å². The van der Waals surface area contributed by atoms with E-state index in [0.29, 0.717) is 5.92 Å². The summed E-state index contributed by atoms with van der Waals surface area (Å²) in [6, 6.07) is 26.2. The van der Waals surface area contributed by atoms with Gasteiger partial charge in [-0.2, -0.15) is 0 Å². The van der Waals surface area contributed by atoms with Crippen LogP contribution < -0.4 is 4.90 Å². The summed E-state index contributed by atoms with van der Waals surface area (Å²) < 4.78 is 0. The average molecular weight is 347 g/mol. The van der Waals surface area contributed by atoms with Crippen molar-refractivity contribution in [2.24, 2.45) is 0 Å². The van der Waals surface area contributed by atoms with E-state index < -0.39 is 0 Å². The Bertz CT molecular complexity index is 1070. The highest BCUT2D eigenvalue weighted by Gasteiger charge is 2.26. The van der Waals surface area contributed by atoms with E-state index in [2.05, 4.69) is 115 Å². The summed E-state index contributed by atoms with van der Waals surface area (Å²) in [5.74, 6) is 0.301. The van der Waals surface area contributed by atoms with Crippen LogP contribution in [0.2, 0.25) is 0 Å². The number of rotatable bonds is 2. The summed E-state index contributed by atoms with van der Waals surface area (Å²) in [5, 5.41) is 0. The van der Waals surface area contributed by atoms with E-state index >= 15 is 0 Å². The normalized spacial score (nSPS) is 17.3. The minimum absolute atomic E-state index is 0.301. The first-order chi connectivity index (χ1) is 13.3. The molecule has 1 atom stereocenters. The molecule has 130 valence electrons. The number of hydrogen-bond acceptors (Lipinski definition) is 1. The van der Waals surface area contributed by atoms with E-state index in [0.717, 1.165) is 0 Å². The summed E-state index contributed by atoms with van der Waals surface area (Å²) in [5.41, 5.74) is 8.85. The fraction of sp³-hybridized carbons (Fsp3) is 0.0769. The Balaban J connectivity index is 1.67. The molecular weight excluding hydrogens is 326 g/mol. The van der Waals surface area contributed by atoms with Crippen molar-refractivity contribution in [2.75, 3.05) is 4.90 Å². The second kappa shape index (κ2) is 6.44. The molecule has 1 unspecified atom stereocenters. The first kappa shape index (κ1) is 15.9. The topological polar surface area (TPSA) is 3.24 Å². The van der Waals surface area contributed by atoms with Gasteiger partial charge >= 0.3 is 0 Å². The van der Waals surface area contributed by atoms with E-state index in [4.69, 9.17) is 0 Å². The largest absolute Gasteiger partial charge is 0.310 e. The van der Waals surface area contributed by atoms with Crippen LogP contribution in [-0.2, 0) is 0 Å². The molecule has 2 aliphatic rings. The van der Waals surface area contributed by atoms with Crippen molar-refractivity contribution >= 4 is 11.4 Å². The zero-order valence-corrected chi connectivity index (χ0v) is 15.3. The predicted molar refractivity (Wildman–Crippen MR) is 114 cm³/mol. The molecule has 2 bridgehead atoms. The molecule has 0 aromatic heterocycles. The monoisotopic (exact) mass is 347 g/mol. The summed E-state index contributed by atoms with van der Waals surface area (Å²) in [4.78, 5) is 2.36. The van der Waals surface area contributed by atoms with Gasteiger partial charge in [-0.25, -0.2) is 0 Å². The van der Waals surface area contributed by atoms with Gasteiger partial charge in [-0.3, -0.25) is 0 Å². The molecule has 0 saturated heterocycles. The molecule has 1 nitrogen and oxygen atoms in total. The molecule has 0 N–H and O–H groups in total. The maximum atomic E-state index is 2.36. The number of aryl methyl sites for hydroxylation is 1. The quantitative estimate of drug-likeness (QED) is 0.487. The smallest absolute Gasteiger partial charge is 0.0503 e. The van der Waals surface area contributed by atoms with E-state index in [1.807, 2.05) is 0 Å². The van der Waals surface area contributed by atoms with Crippen molar-refractivity contribution in [1.82, 2.24) is 0 Å². The van der Waals surface area contributed by atoms with Gasteiger partial charge < -0.3 is 4.90 Å². The van der Waals surface area contributed by atoms with Gasteiger partial charge in [0.1, 0.15) is 0 Å². The molecule has 0 spiro atoms. The summed E-state index contributed by atoms with van der Waals surface area (Å²) in [6.07, 6.45) is 11.1. The third-order valence-corrected chi connectivity index (χ3v) is 5.33. The van der Waals surface area contributed by atoms with Gasteiger partial charge in [0.15, 0.2) is 0 Å². The van der Waals surface area contributed by atoms with Gasteiger partial charge in [-0.05, 0) is 60.0 Å². The van der Waals surface area contributed by atoms with Crippen LogP contribution in [-0.4, -0.2) is 0 Å². The fourth-order valence-electron chi connectivity index (χ4n) is 3.93. The Morgan fingerprint density at radius 2 is 1.56 bits per heavy atom. The highest BCUT2D eigenvalue weighted by molar-refractivity contribution is 5.80. The number of allylic oxidation sites excluding steroid dienone is 5. The third-order valence-electron chi connectivity index (χ3n) is 5.33. The van der Waals surface area contributed by atoms with Crippen molar-refractivity contribution in [3.05, 3.63) is 120 Å². The van der Waals surface area contributed by atoms with Crippen molar-refractivity contribution in [2.45, 2.75) is 12.8 Å². The molecule has 0 saturated carbocycles. The number of nitrogens with zero attached hydrogens (tertiary/aromatic N) is 1. The predicted octanol–water partition coefficient (Wildman–Crippen LogP) is 6.91. The van der Waals surface area contributed by atoms with Gasteiger partial charge in [0.05, 0.1) is 5.69 Å². The van der Waals surface area contributed by atoms with Crippen molar-refractivity contribution < 1.29 is 0 Å². The first-order valence-corrected chi connectivity index (χ1v) is 9.42. The van der Waals surface area contributed by atoms with E-state index in [-0.39, 0.29) is 0 Å². The summed E-state index contributed by atoms with van der Waals surface area (Å²) >= 11 is 0. The Kier molecular flexibility index (Phi) is 3.79. The molecule has 1 heteroatoms. The molecule has 0 radical (unpaired) electrons. The van der Waals surface area contributed by atoms with Gasteiger partial charge in [-0.15, -0.1) is 0 Å². The zero-order chi connectivity index (χ0) is 18.2. The maximum absolute atomic E-state index is 2.36. The maximum Gasteiger partial charge on any atom is 0.0503 e. The van der Waals surface area contributed by atoms with Crippen LogP contribution in [0.4, 0.5) is 11.4 Å². The highest BCUT2D eigenvalue weighted by Crippen LogP contribution is 2.44. The molecule has 1 heterocycles. The molecule has 3 aromatic carbocycles. The summed E-state index contributed by atoms with van der Waals surface area (Å²) in [7, 11) is 0. The minimum Gasteiger partial charge on any atom is -0.310 e. The van der Waals surface area contributed by atoms with Gasteiger partial charge in [-0.1, -0.05) is 72.3 Å². The Hall–Kier alpha value is -3.32. The highest BCUT2D eigenvalue weighted by atomic mass is 15.2. The SMILES string of the molecule is Cc1ccc(-c2ccc3c(c2)C2C=CC=CC(=C2)N3c2ccccc2)cc1. The van der Waals surface area contributed by atoms with Crippen molar-refractivity contribution in [3.8, 4) is 11.1 Å². The van der Waals surface area contributed by atoms with Gasteiger partial charge in [0.2, 0.25) is 0 Å². The van der Waals surface area contributed by atoms with E-state index in [1.165, 1.54) is 39.3 Å². The lowest BCUT2D eigenvalue weighted by molar-refractivity contribution is 0.999. The fourth-order valence-corrected chi connectivity index (χ4v) is 3.93. The average Bonchev–Trinajstić information content (AvgIpc) is 2.93. The van der Waals surface area contributed by atoms with Crippen LogP contribution in [0.5, 0.6) is 0 Å². The minimum atomic E-state index is 0.301. The standard InChI is InChI=1S/C26H21N/c1-19-11-13-20(14-12-19)21-15-16-26-25(18-21)22-7-5-6-10-24(17-22)27(26)23-8-3-2-4-9-23/h2-18,22H,1H3. The van der Waals surface area contributed by atoms with E-state index in [1.54, 1.807) is 0 Å². The van der Waals surface area contributed by atoms with Gasteiger partial charge in [0.25, 0.3) is 0 Å². The Morgan fingerprint density at radius 3 is 2.37 bits per heavy atom. The molecular formula is C26H21N. The second-order valence-corrected chi connectivity index (χ2v) is 7.17. The molecule has 27 heavy (non-hydrogen) atoms. The third kappa shape index (κ3) is 2.82. The molecule has 1 aliphatic carbocycles. The molecule has 0 fully saturated rings. The molecule has 0 amide bonds. The number of fused-ring (bicyclic) bond motifs is 3. The number of hydrogen-bond donors (Lipinski definition) is 0. The second-order valence-electron chi connectivity index (χ2n) is 7.17. The first-order valence-electron chi connectivity index (χ1n) is 9.42. The van der Waals surface area contributed by atoms with Crippen LogP contribution in [0.1, 0.15) is 17.0 Å². The zero-order valence-electron chi connectivity index (χ0n) is 15.3. The molecule has 3 aromatic rings. The lowest BCUT2D eigenvalue weighted by Gasteiger charge is -2.34. The number of benzene rings is 3. The van der Waals surface area contributed by atoms with Crippen LogP contribution >= 0.6 is 0 Å².